The van der Waals surface area contributed by atoms with Crippen LogP contribution in [0.2, 0.25) is 0 Å². The lowest BCUT2D eigenvalue weighted by molar-refractivity contribution is -0.127. The van der Waals surface area contributed by atoms with E-state index in [0.29, 0.717) is 42.9 Å². The van der Waals surface area contributed by atoms with E-state index in [1.54, 1.807) is 18.2 Å². The second-order valence-corrected chi connectivity index (χ2v) is 10.4. The number of carbonyl (C=O) groups excluding carboxylic acids is 1. The van der Waals surface area contributed by atoms with Gasteiger partial charge in [-0.25, -0.2) is 8.42 Å². The number of benzene rings is 1. The summed E-state index contributed by atoms with van der Waals surface area (Å²) in [7, 11) is -3.64. The highest BCUT2D eigenvalue weighted by atomic mass is 32.2. The number of aromatic nitrogens is 2. The molecule has 1 aromatic heterocycles. The van der Waals surface area contributed by atoms with Crippen molar-refractivity contribution in [3.05, 3.63) is 18.2 Å². The van der Waals surface area contributed by atoms with Gasteiger partial charge in [0.05, 0.1) is 11.7 Å². The number of fused-ring (bicyclic) bond motifs is 1. The highest BCUT2D eigenvalue weighted by molar-refractivity contribution is 7.89. The molecule has 1 aromatic carbocycles. The van der Waals surface area contributed by atoms with Crippen molar-refractivity contribution in [2.24, 2.45) is 11.8 Å². The first-order chi connectivity index (χ1) is 13.5. The van der Waals surface area contributed by atoms with Crippen molar-refractivity contribution in [1.29, 1.82) is 0 Å². The quantitative estimate of drug-likeness (QED) is 0.818. The fourth-order valence-electron chi connectivity index (χ4n) is 4.32. The standard InChI is InChI=1S/C19H26N4O3S2/c1-13-5-2-3-6-15(13)20-19(24)14-9-11-23(12-10-14)28(25,26)17-8-4-7-16-18(17)22-27-21-16/h4,7-8,13-15H,2-3,5-6,9-12H2,1H3,(H,20,24)/t13-,15+/m0/s1. The summed E-state index contributed by atoms with van der Waals surface area (Å²) in [5, 5.41) is 3.22. The van der Waals surface area contributed by atoms with Gasteiger partial charge >= 0.3 is 0 Å². The van der Waals surface area contributed by atoms with Crippen molar-refractivity contribution < 1.29 is 13.2 Å². The third-order valence-electron chi connectivity index (χ3n) is 6.13. The Morgan fingerprint density at radius 3 is 2.64 bits per heavy atom. The second kappa shape index (κ2) is 8.04. The van der Waals surface area contributed by atoms with Gasteiger partial charge in [-0.05, 0) is 43.7 Å². The van der Waals surface area contributed by atoms with Crippen molar-refractivity contribution in [2.75, 3.05) is 13.1 Å². The average Bonchev–Trinajstić information content (AvgIpc) is 3.18. The minimum absolute atomic E-state index is 0.0848. The van der Waals surface area contributed by atoms with Crippen molar-refractivity contribution in [1.82, 2.24) is 18.4 Å². The SMILES string of the molecule is C[C@H]1CCCC[C@H]1NC(=O)C1CCN(S(=O)(=O)c2cccc3nsnc23)CC1. The highest BCUT2D eigenvalue weighted by Crippen LogP contribution is 2.29. The fraction of sp³-hybridized carbons (Fsp3) is 0.632. The Morgan fingerprint density at radius 2 is 1.89 bits per heavy atom. The molecule has 4 rings (SSSR count). The van der Waals surface area contributed by atoms with Gasteiger partial charge in [0.1, 0.15) is 15.9 Å². The van der Waals surface area contributed by atoms with Crippen LogP contribution < -0.4 is 5.32 Å². The summed E-state index contributed by atoms with van der Waals surface area (Å²) >= 11 is 1.01. The molecule has 1 aliphatic heterocycles. The summed E-state index contributed by atoms with van der Waals surface area (Å²) in [6, 6.07) is 5.31. The van der Waals surface area contributed by atoms with Crippen LogP contribution in [0.1, 0.15) is 45.4 Å². The molecule has 152 valence electrons. The van der Waals surface area contributed by atoms with Crippen LogP contribution in [0, 0.1) is 11.8 Å². The Morgan fingerprint density at radius 1 is 1.14 bits per heavy atom. The molecule has 1 aliphatic carbocycles. The monoisotopic (exact) mass is 422 g/mol. The summed E-state index contributed by atoms with van der Waals surface area (Å²) in [6.45, 7) is 2.91. The maximum Gasteiger partial charge on any atom is 0.245 e. The predicted octanol–water partition coefficient (Wildman–Crippen LogP) is 2.79. The lowest BCUT2D eigenvalue weighted by Gasteiger charge is -2.34. The van der Waals surface area contributed by atoms with Crippen LogP contribution in [0.25, 0.3) is 11.0 Å². The zero-order valence-corrected chi connectivity index (χ0v) is 17.6. The van der Waals surface area contributed by atoms with E-state index in [4.69, 9.17) is 0 Å². The first-order valence-electron chi connectivity index (χ1n) is 9.98. The molecule has 0 radical (unpaired) electrons. The van der Waals surface area contributed by atoms with Crippen molar-refractivity contribution >= 4 is 38.7 Å². The number of nitrogens with one attached hydrogen (secondary N) is 1. The summed E-state index contributed by atoms with van der Waals surface area (Å²) in [6.07, 6.45) is 5.73. The van der Waals surface area contributed by atoms with Gasteiger partial charge in [0, 0.05) is 25.0 Å². The Bertz CT molecular complexity index is 951. The number of hydrogen-bond donors (Lipinski definition) is 1. The van der Waals surface area contributed by atoms with Gasteiger partial charge in [0.2, 0.25) is 15.9 Å². The van der Waals surface area contributed by atoms with Crippen molar-refractivity contribution in [3.63, 3.8) is 0 Å². The summed E-state index contributed by atoms with van der Waals surface area (Å²) in [5.74, 6) is 0.490. The van der Waals surface area contributed by atoms with E-state index in [2.05, 4.69) is 21.0 Å². The lowest BCUT2D eigenvalue weighted by atomic mass is 9.85. The van der Waals surface area contributed by atoms with Gasteiger partial charge in [-0.3, -0.25) is 4.79 Å². The normalized spacial score (nSPS) is 25.0. The molecule has 1 amide bonds. The smallest absolute Gasteiger partial charge is 0.245 e. The minimum atomic E-state index is -3.64. The molecule has 1 saturated carbocycles. The van der Waals surface area contributed by atoms with Crippen molar-refractivity contribution in [2.45, 2.75) is 56.4 Å². The van der Waals surface area contributed by atoms with E-state index < -0.39 is 10.0 Å². The van der Waals surface area contributed by atoms with Gasteiger partial charge in [-0.15, -0.1) is 0 Å². The average molecular weight is 423 g/mol. The van der Waals surface area contributed by atoms with E-state index >= 15 is 0 Å². The highest BCUT2D eigenvalue weighted by Gasteiger charge is 2.34. The van der Waals surface area contributed by atoms with Crippen LogP contribution in [0.15, 0.2) is 23.1 Å². The Kier molecular flexibility index (Phi) is 5.66. The third kappa shape index (κ3) is 3.79. The van der Waals surface area contributed by atoms with E-state index in [-0.39, 0.29) is 22.8 Å². The van der Waals surface area contributed by atoms with Crippen molar-refractivity contribution in [3.8, 4) is 0 Å². The molecule has 0 bridgehead atoms. The summed E-state index contributed by atoms with van der Waals surface area (Å²) in [4.78, 5) is 12.9. The van der Waals surface area contributed by atoms with Crippen LogP contribution in [0.4, 0.5) is 0 Å². The molecule has 7 nitrogen and oxygen atoms in total. The minimum Gasteiger partial charge on any atom is -0.353 e. The molecule has 2 atom stereocenters. The number of rotatable bonds is 4. The molecular formula is C19H26N4O3S2. The molecule has 0 unspecified atom stereocenters. The zero-order chi connectivity index (χ0) is 19.7. The lowest BCUT2D eigenvalue weighted by Crippen LogP contribution is -2.47. The Labute approximate surface area is 169 Å². The number of sulfonamides is 1. The molecule has 2 fully saturated rings. The molecule has 1 saturated heterocycles. The second-order valence-electron chi connectivity index (χ2n) is 7.94. The van der Waals surface area contributed by atoms with Gasteiger partial charge in [0.15, 0.2) is 0 Å². The van der Waals surface area contributed by atoms with Gasteiger partial charge in [0.25, 0.3) is 0 Å². The van der Waals surface area contributed by atoms with Crippen LogP contribution in [0.3, 0.4) is 0 Å². The van der Waals surface area contributed by atoms with Crippen LogP contribution in [-0.4, -0.2) is 46.5 Å². The fourth-order valence-corrected chi connectivity index (χ4v) is 6.54. The van der Waals surface area contributed by atoms with Crippen LogP contribution in [0.5, 0.6) is 0 Å². The largest absolute Gasteiger partial charge is 0.353 e. The third-order valence-corrected chi connectivity index (χ3v) is 8.60. The van der Waals surface area contributed by atoms with E-state index in [1.807, 2.05) is 0 Å². The number of hydrogen-bond acceptors (Lipinski definition) is 6. The molecule has 9 heteroatoms. The number of piperidine rings is 1. The predicted molar refractivity (Wildman–Crippen MR) is 108 cm³/mol. The maximum absolute atomic E-state index is 13.1. The molecule has 2 heterocycles. The zero-order valence-electron chi connectivity index (χ0n) is 16.0. The van der Waals surface area contributed by atoms with Gasteiger partial charge in [-0.1, -0.05) is 25.8 Å². The van der Waals surface area contributed by atoms with Crippen LogP contribution >= 0.6 is 11.7 Å². The Hall–Kier alpha value is -1.58. The molecule has 0 spiro atoms. The summed E-state index contributed by atoms with van der Waals surface area (Å²) < 4.78 is 36.0. The topological polar surface area (TPSA) is 92.3 Å². The number of carbonyl (C=O) groups is 1. The number of nitrogens with zero attached hydrogens (tertiary/aromatic N) is 3. The molecule has 1 N–H and O–H groups in total. The van der Waals surface area contributed by atoms with Gasteiger partial charge < -0.3 is 5.32 Å². The number of amides is 1. The van der Waals surface area contributed by atoms with E-state index in [0.717, 1.165) is 18.1 Å². The molecule has 2 aliphatic rings. The van der Waals surface area contributed by atoms with Crippen LogP contribution in [-0.2, 0) is 14.8 Å². The summed E-state index contributed by atoms with van der Waals surface area (Å²) in [5.41, 5.74) is 1.03. The molecule has 28 heavy (non-hydrogen) atoms. The molecular weight excluding hydrogens is 396 g/mol. The van der Waals surface area contributed by atoms with E-state index in [1.165, 1.54) is 23.6 Å². The maximum atomic E-state index is 13.1. The Balaban J connectivity index is 1.41. The first-order valence-corrected chi connectivity index (χ1v) is 12.2. The molecule has 2 aromatic rings. The van der Waals surface area contributed by atoms with E-state index in [9.17, 15) is 13.2 Å². The first kappa shape index (κ1) is 19.7. The van der Waals surface area contributed by atoms with Gasteiger partial charge in [-0.2, -0.15) is 13.1 Å².